The molecule has 0 aliphatic carbocycles. The summed E-state index contributed by atoms with van der Waals surface area (Å²) in [6.07, 6.45) is 4.35. The van der Waals surface area contributed by atoms with Gasteiger partial charge in [-0.1, -0.05) is 0 Å². The van der Waals surface area contributed by atoms with E-state index in [-0.39, 0.29) is 0 Å². The Kier molecular flexibility index (Phi) is 2.70. The molecule has 32 valence electrons. The molecule has 0 amide bonds. The zero-order valence-electron chi connectivity index (χ0n) is 3.13. The minimum absolute atomic E-state index is 0.435. The summed E-state index contributed by atoms with van der Waals surface area (Å²) in [7, 11) is 0. The van der Waals surface area contributed by atoms with Crippen molar-refractivity contribution in [2.24, 2.45) is 0 Å². The van der Waals surface area contributed by atoms with Crippen molar-refractivity contribution in [3.8, 4) is 0 Å². The Labute approximate surface area is 54.0 Å². The van der Waals surface area contributed by atoms with E-state index < -0.39 is 0 Å². The molecule has 1 aliphatic heterocycles. The van der Waals surface area contributed by atoms with E-state index in [0.29, 0.717) is 34.1 Å². The van der Waals surface area contributed by atoms with Gasteiger partial charge in [-0.25, -0.2) is 0 Å². The van der Waals surface area contributed by atoms with Gasteiger partial charge in [0.05, 0.1) is 0 Å². The van der Waals surface area contributed by atoms with Crippen LogP contribution in [0, 0.1) is 0 Å². The predicted molar refractivity (Wildman–Crippen MR) is 29.8 cm³/mol. The molecule has 1 aliphatic rings. The molecule has 0 saturated carbocycles. The normalized spacial score (nSPS) is 18.7. The van der Waals surface area contributed by atoms with Gasteiger partial charge in [-0.15, -0.1) is 0 Å². The fourth-order valence-corrected chi connectivity index (χ4v) is 6.38. The maximum atomic E-state index is 2.37. The third-order valence-electron chi connectivity index (χ3n) is 0.435. The molecule has 0 radical (unpaired) electrons. The Bertz CT molecular complexity index is 71.5. The molecule has 0 atom stereocenters. The molecular weight excluding hydrogens is 303 g/mol. The van der Waals surface area contributed by atoms with Gasteiger partial charge in [-0.3, -0.25) is 0 Å². The van der Waals surface area contributed by atoms with Crippen LogP contribution in [0.25, 0.3) is 0 Å². The van der Waals surface area contributed by atoms with Crippen LogP contribution in [-0.2, 0) is 0 Å². The van der Waals surface area contributed by atoms with Crippen LogP contribution < -0.4 is 0 Å². The van der Waals surface area contributed by atoms with E-state index in [0.717, 1.165) is 0 Å². The van der Waals surface area contributed by atoms with Crippen molar-refractivity contribution >= 4 is 34.1 Å². The van der Waals surface area contributed by atoms with Gasteiger partial charge in [-0.2, -0.15) is 0 Å². The standard InChI is InChI=1S/C4H4Te2/c1-2-4-6-5-3-1/h1-4H. The monoisotopic (exact) mass is 312 g/mol. The van der Waals surface area contributed by atoms with Gasteiger partial charge in [0, 0.05) is 0 Å². The second-order valence-corrected chi connectivity index (χ2v) is 10.9. The zero-order valence-corrected chi connectivity index (χ0v) is 7.79. The van der Waals surface area contributed by atoms with E-state index in [4.69, 9.17) is 0 Å². The first-order chi connectivity index (χ1) is 3.00. The molecule has 1 heterocycles. The van der Waals surface area contributed by atoms with Gasteiger partial charge in [0.1, 0.15) is 0 Å². The number of allylic oxidation sites excluding steroid dienone is 2. The van der Waals surface area contributed by atoms with Crippen molar-refractivity contribution in [2.45, 2.75) is 0 Å². The summed E-state index contributed by atoms with van der Waals surface area (Å²) in [5, 5.41) is 0. The summed E-state index contributed by atoms with van der Waals surface area (Å²) in [5.74, 6) is 0. The average Bonchev–Trinajstić information content (AvgIpc) is 1.72. The Morgan fingerprint density at radius 2 is 1.33 bits per heavy atom. The van der Waals surface area contributed by atoms with Crippen molar-refractivity contribution in [1.29, 1.82) is 0 Å². The van der Waals surface area contributed by atoms with E-state index in [9.17, 15) is 0 Å². The summed E-state index contributed by atoms with van der Waals surface area (Å²) in [4.78, 5) is 0. The van der Waals surface area contributed by atoms with Crippen LogP contribution in [0.4, 0.5) is 0 Å². The summed E-state index contributed by atoms with van der Waals surface area (Å²) < 4.78 is 4.74. The molecule has 0 saturated heterocycles. The van der Waals surface area contributed by atoms with E-state index in [1.807, 2.05) is 0 Å². The van der Waals surface area contributed by atoms with E-state index in [2.05, 4.69) is 20.4 Å². The van der Waals surface area contributed by atoms with Crippen molar-refractivity contribution in [1.82, 2.24) is 0 Å². The molecule has 0 nitrogen and oxygen atoms in total. The SMILES string of the molecule is C1=C[Te][Te]C=C1. The van der Waals surface area contributed by atoms with Crippen molar-refractivity contribution in [3.63, 3.8) is 0 Å². The minimum atomic E-state index is 0.435. The number of hydrogen-bond acceptors (Lipinski definition) is 0. The molecule has 0 aromatic rings. The second kappa shape index (κ2) is 3.11. The number of hydrogen-bond donors (Lipinski definition) is 0. The van der Waals surface area contributed by atoms with Gasteiger partial charge in [-0.05, 0) is 0 Å². The summed E-state index contributed by atoms with van der Waals surface area (Å²) in [6, 6.07) is 0. The Morgan fingerprint density at radius 1 is 0.833 bits per heavy atom. The summed E-state index contributed by atoms with van der Waals surface area (Å²) in [5.41, 5.74) is 0. The van der Waals surface area contributed by atoms with Crippen LogP contribution in [0.1, 0.15) is 0 Å². The third-order valence-corrected chi connectivity index (χ3v) is 8.67. The average molecular weight is 307 g/mol. The first-order valence-electron chi connectivity index (χ1n) is 1.64. The van der Waals surface area contributed by atoms with Crippen molar-refractivity contribution < 1.29 is 0 Å². The Morgan fingerprint density at radius 3 is 1.50 bits per heavy atom. The van der Waals surface area contributed by atoms with Gasteiger partial charge in [0.15, 0.2) is 0 Å². The van der Waals surface area contributed by atoms with Crippen LogP contribution >= 0.6 is 0 Å². The van der Waals surface area contributed by atoms with Gasteiger partial charge < -0.3 is 0 Å². The molecule has 2 heteroatoms. The molecule has 1 rings (SSSR count). The molecular formula is C4H4Te2. The van der Waals surface area contributed by atoms with Crippen LogP contribution in [0.15, 0.2) is 20.4 Å². The molecule has 0 fully saturated rings. The van der Waals surface area contributed by atoms with E-state index >= 15 is 0 Å². The van der Waals surface area contributed by atoms with Crippen LogP contribution in [0.2, 0.25) is 0 Å². The zero-order chi connectivity index (χ0) is 4.24. The molecule has 0 bridgehead atoms. The molecule has 0 spiro atoms. The second-order valence-electron chi connectivity index (χ2n) is 0.850. The van der Waals surface area contributed by atoms with Gasteiger partial charge in [0.25, 0.3) is 0 Å². The van der Waals surface area contributed by atoms with E-state index in [1.54, 1.807) is 0 Å². The fraction of sp³-hybridized carbons (Fsp3) is 0. The molecule has 0 unspecified atom stereocenters. The molecule has 0 aromatic heterocycles. The van der Waals surface area contributed by atoms with Crippen LogP contribution in [-0.4, -0.2) is 34.1 Å². The molecule has 0 N–H and O–H groups in total. The topological polar surface area (TPSA) is 0 Å². The van der Waals surface area contributed by atoms with Crippen molar-refractivity contribution in [2.75, 3.05) is 0 Å². The van der Waals surface area contributed by atoms with Crippen LogP contribution in [0.5, 0.6) is 0 Å². The summed E-state index contributed by atoms with van der Waals surface area (Å²) in [6.45, 7) is 0. The maximum absolute atomic E-state index is 2.37. The third kappa shape index (κ3) is 1.67. The van der Waals surface area contributed by atoms with Crippen molar-refractivity contribution in [3.05, 3.63) is 20.4 Å². The Hall–Kier alpha value is 1.06. The quantitative estimate of drug-likeness (QED) is 0.567. The predicted octanol–water partition coefficient (Wildman–Crippen LogP) is 0.351. The fourth-order valence-electron chi connectivity index (χ4n) is 0.219. The molecule has 0 aromatic carbocycles. The Balaban J connectivity index is 2.46. The van der Waals surface area contributed by atoms with Gasteiger partial charge >= 0.3 is 54.5 Å². The van der Waals surface area contributed by atoms with Gasteiger partial charge in [0.2, 0.25) is 0 Å². The first kappa shape index (κ1) is 5.20. The van der Waals surface area contributed by atoms with E-state index in [1.165, 1.54) is 0 Å². The first-order valence-corrected chi connectivity index (χ1v) is 11.7. The summed E-state index contributed by atoms with van der Waals surface area (Å²) >= 11 is 0.869. The molecule has 6 heavy (non-hydrogen) atoms. The van der Waals surface area contributed by atoms with Crippen LogP contribution in [0.3, 0.4) is 0 Å². The number of rotatable bonds is 0.